The van der Waals surface area contributed by atoms with Gasteiger partial charge in [-0.1, -0.05) is 25.9 Å². The first kappa shape index (κ1) is 16.4. The van der Waals surface area contributed by atoms with Crippen molar-refractivity contribution in [2.45, 2.75) is 82.8 Å². The van der Waals surface area contributed by atoms with Gasteiger partial charge in [-0.05, 0) is 25.7 Å². The predicted octanol–water partition coefficient (Wildman–Crippen LogP) is 2.04. The Bertz CT molecular complexity index is 551. The number of carbonyl (C=O) groups is 1. The van der Waals surface area contributed by atoms with E-state index in [9.17, 15) is 4.79 Å². The molecule has 3 heterocycles. The van der Waals surface area contributed by atoms with Crippen LogP contribution in [-0.2, 0) is 16.6 Å². The molecule has 0 saturated carbocycles. The van der Waals surface area contributed by atoms with Crippen LogP contribution in [0.4, 0.5) is 0 Å². The van der Waals surface area contributed by atoms with E-state index >= 15 is 0 Å². The van der Waals surface area contributed by atoms with Crippen molar-refractivity contribution >= 4 is 5.91 Å². The fraction of sp³-hybridized carbons (Fsp3) is 0.824. The average molecular weight is 320 g/mol. The monoisotopic (exact) mass is 320 g/mol. The summed E-state index contributed by atoms with van der Waals surface area (Å²) in [5.41, 5.74) is -0.128. The minimum absolute atomic E-state index is 0.128. The quantitative estimate of drug-likeness (QED) is 0.919. The molecule has 0 spiro atoms. The van der Waals surface area contributed by atoms with Gasteiger partial charge in [0, 0.05) is 43.4 Å². The van der Waals surface area contributed by atoms with Gasteiger partial charge in [0.2, 0.25) is 11.8 Å². The molecule has 0 aliphatic carbocycles. The second kappa shape index (κ2) is 6.23. The van der Waals surface area contributed by atoms with Gasteiger partial charge in [0.05, 0.1) is 0 Å². The average Bonchev–Trinajstić information content (AvgIpc) is 3.10. The van der Waals surface area contributed by atoms with Crippen LogP contribution in [0.5, 0.6) is 0 Å². The summed E-state index contributed by atoms with van der Waals surface area (Å²) in [5, 5.41) is 7.63. The normalized spacial score (nSPS) is 27.2. The molecule has 2 atom stereocenters. The lowest BCUT2D eigenvalue weighted by Gasteiger charge is -2.35. The van der Waals surface area contributed by atoms with Crippen molar-refractivity contribution in [3.05, 3.63) is 11.7 Å². The van der Waals surface area contributed by atoms with Crippen molar-refractivity contribution in [3.63, 3.8) is 0 Å². The Morgan fingerprint density at radius 2 is 1.96 bits per heavy atom. The summed E-state index contributed by atoms with van der Waals surface area (Å²) in [7, 11) is 1.94. The minimum Gasteiger partial charge on any atom is -0.343 e. The molecule has 1 aromatic rings. The molecule has 2 bridgehead atoms. The molecule has 1 amide bonds. The van der Waals surface area contributed by atoms with E-state index in [-0.39, 0.29) is 11.3 Å². The van der Waals surface area contributed by atoms with Crippen LogP contribution in [0.25, 0.3) is 0 Å². The first-order chi connectivity index (χ1) is 10.8. The highest BCUT2D eigenvalue weighted by atomic mass is 16.5. The molecule has 23 heavy (non-hydrogen) atoms. The molecule has 1 aromatic heterocycles. The van der Waals surface area contributed by atoms with E-state index in [1.54, 1.807) is 0 Å². The highest BCUT2D eigenvalue weighted by molar-refractivity contribution is 5.76. The van der Waals surface area contributed by atoms with Gasteiger partial charge in [0.25, 0.3) is 0 Å². The molecule has 0 aromatic carbocycles. The van der Waals surface area contributed by atoms with E-state index in [0.29, 0.717) is 42.7 Å². The molecule has 6 heteroatoms. The van der Waals surface area contributed by atoms with Gasteiger partial charge in [-0.15, -0.1) is 0 Å². The third-order valence-electron chi connectivity index (χ3n) is 5.08. The topological polar surface area (TPSA) is 71.3 Å². The number of aryl methyl sites for hydroxylation is 1. The van der Waals surface area contributed by atoms with Gasteiger partial charge in [-0.2, -0.15) is 4.98 Å². The zero-order valence-corrected chi connectivity index (χ0v) is 14.6. The summed E-state index contributed by atoms with van der Waals surface area (Å²) >= 11 is 0. The smallest absolute Gasteiger partial charge is 0.227 e. The Hall–Kier alpha value is -1.43. The standard InChI is InChI=1S/C17H28N4O2/c1-17(2,3)16-19-14(23-20-16)7-8-15(22)21(4)13-9-11-5-6-12(10-13)18-11/h11-13,18H,5-10H2,1-4H3. The number of nitrogens with one attached hydrogen (secondary N) is 1. The van der Waals surface area contributed by atoms with Gasteiger partial charge in [0.15, 0.2) is 5.82 Å². The van der Waals surface area contributed by atoms with Gasteiger partial charge in [-0.25, -0.2) is 0 Å². The van der Waals surface area contributed by atoms with E-state index in [1.165, 1.54) is 12.8 Å². The number of carbonyl (C=O) groups excluding carboxylic acids is 1. The zero-order valence-electron chi connectivity index (χ0n) is 14.6. The Morgan fingerprint density at radius 1 is 1.30 bits per heavy atom. The van der Waals surface area contributed by atoms with Gasteiger partial charge >= 0.3 is 0 Å². The SMILES string of the molecule is CN(C(=O)CCc1nc(C(C)(C)C)no1)C1CC2CCC(C1)N2. The van der Waals surface area contributed by atoms with Crippen LogP contribution in [0, 0.1) is 0 Å². The van der Waals surface area contributed by atoms with E-state index in [4.69, 9.17) is 4.52 Å². The third-order valence-corrected chi connectivity index (χ3v) is 5.08. The molecule has 128 valence electrons. The molecule has 2 saturated heterocycles. The van der Waals surface area contributed by atoms with Gasteiger partial charge < -0.3 is 14.7 Å². The molecule has 0 radical (unpaired) electrons. The first-order valence-corrected chi connectivity index (χ1v) is 8.67. The largest absolute Gasteiger partial charge is 0.343 e. The van der Waals surface area contributed by atoms with E-state index in [0.717, 1.165) is 12.8 Å². The number of amides is 1. The fourth-order valence-corrected chi connectivity index (χ4v) is 3.60. The Kier molecular flexibility index (Phi) is 4.45. The van der Waals surface area contributed by atoms with Gasteiger partial charge in [0.1, 0.15) is 0 Å². The Labute approximate surface area is 138 Å². The lowest BCUT2D eigenvalue weighted by atomic mass is 9.96. The first-order valence-electron chi connectivity index (χ1n) is 8.67. The van der Waals surface area contributed by atoms with Crippen LogP contribution in [0.1, 0.15) is 64.6 Å². The maximum absolute atomic E-state index is 12.5. The second-order valence-electron chi connectivity index (χ2n) is 8.03. The summed E-state index contributed by atoms with van der Waals surface area (Å²) in [6, 6.07) is 1.56. The molecular weight excluding hydrogens is 292 g/mol. The molecule has 3 rings (SSSR count). The van der Waals surface area contributed by atoms with Crippen molar-refractivity contribution in [1.82, 2.24) is 20.4 Å². The van der Waals surface area contributed by atoms with E-state index in [1.807, 2.05) is 32.7 Å². The number of nitrogens with zero attached hydrogens (tertiary/aromatic N) is 3. The molecule has 2 fully saturated rings. The number of hydrogen-bond donors (Lipinski definition) is 1. The van der Waals surface area contributed by atoms with Crippen LogP contribution < -0.4 is 5.32 Å². The van der Waals surface area contributed by atoms with E-state index < -0.39 is 0 Å². The molecular formula is C17H28N4O2. The fourth-order valence-electron chi connectivity index (χ4n) is 3.60. The zero-order chi connectivity index (χ0) is 16.6. The molecule has 2 unspecified atom stereocenters. The number of rotatable bonds is 4. The third kappa shape index (κ3) is 3.74. The van der Waals surface area contributed by atoms with Crippen LogP contribution >= 0.6 is 0 Å². The summed E-state index contributed by atoms with van der Waals surface area (Å²) in [6.45, 7) is 6.14. The molecule has 2 aliphatic heterocycles. The second-order valence-corrected chi connectivity index (χ2v) is 8.03. The lowest BCUT2D eigenvalue weighted by molar-refractivity contribution is -0.132. The summed E-state index contributed by atoms with van der Waals surface area (Å²) in [6.07, 6.45) is 5.61. The summed E-state index contributed by atoms with van der Waals surface area (Å²) < 4.78 is 5.27. The Morgan fingerprint density at radius 3 is 2.52 bits per heavy atom. The molecule has 1 N–H and O–H groups in total. The van der Waals surface area contributed by atoms with Crippen molar-refractivity contribution in [1.29, 1.82) is 0 Å². The van der Waals surface area contributed by atoms with Crippen molar-refractivity contribution in [3.8, 4) is 0 Å². The minimum atomic E-state index is -0.128. The summed E-state index contributed by atoms with van der Waals surface area (Å²) in [4.78, 5) is 18.8. The Balaban J connectivity index is 1.52. The number of fused-ring (bicyclic) bond motifs is 2. The number of piperidine rings is 1. The van der Waals surface area contributed by atoms with Crippen LogP contribution in [0.15, 0.2) is 4.52 Å². The van der Waals surface area contributed by atoms with Gasteiger partial charge in [-0.3, -0.25) is 4.79 Å². The van der Waals surface area contributed by atoms with Crippen molar-refractivity contribution < 1.29 is 9.32 Å². The van der Waals surface area contributed by atoms with Crippen LogP contribution in [0.3, 0.4) is 0 Å². The maximum atomic E-state index is 12.5. The highest BCUT2D eigenvalue weighted by Gasteiger charge is 2.36. The molecule has 6 nitrogen and oxygen atoms in total. The van der Waals surface area contributed by atoms with Crippen LogP contribution in [0.2, 0.25) is 0 Å². The van der Waals surface area contributed by atoms with Crippen LogP contribution in [-0.4, -0.2) is 46.1 Å². The lowest BCUT2D eigenvalue weighted by Crippen LogP contribution is -2.48. The maximum Gasteiger partial charge on any atom is 0.227 e. The summed E-state index contributed by atoms with van der Waals surface area (Å²) in [5.74, 6) is 1.43. The van der Waals surface area contributed by atoms with Crippen molar-refractivity contribution in [2.75, 3.05) is 7.05 Å². The molecule has 2 aliphatic rings. The predicted molar refractivity (Wildman–Crippen MR) is 87.1 cm³/mol. The van der Waals surface area contributed by atoms with Crippen molar-refractivity contribution in [2.24, 2.45) is 0 Å². The highest BCUT2D eigenvalue weighted by Crippen LogP contribution is 2.29. The number of hydrogen-bond acceptors (Lipinski definition) is 5. The van der Waals surface area contributed by atoms with E-state index in [2.05, 4.69) is 15.5 Å². The number of aromatic nitrogens is 2.